The smallest absolute Gasteiger partial charge is 0.246 e. The van der Waals surface area contributed by atoms with Crippen molar-refractivity contribution in [2.75, 3.05) is 7.05 Å². The van der Waals surface area contributed by atoms with E-state index in [1.807, 2.05) is 31.2 Å². The maximum Gasteiger partial charge on any atom is 0.246 e. The fourth-order valence-corrected chi connectivity index (χ4v) is 3.01. The monoisotopic (exact) mass is 379 g/mol. The molecule has 1 aromatic carbocycles. The highest BCUT2D eigenvalue weighted by atomic mass is 35.5. The lowest BCUT2D eigenvalue weighted by Crippen LogP contribution is -2.24. The van der Waals surface area contributed by atoms with Gasteiger partial charge in [0, 0.05) is 36.8 Å². The maximum atomic E-state index is 12.3. The van der Waals surface area contributed by atoms with Crippen molar-refractivity contribution in [1.29, 1.82) is 0 Å². The Morgan fingerprint density at radius 1 is 1.36 bits per heavy atom. The molecule has 0 N–H and O–H groups in total. The van der Waals surface area contributed by atoms with E-state index in [1.54, 1.807) is 22.7 Å². The Kier molecular flexibility index (Phi) is 6.68. The average Bonchev–Trinajstić information content (AvgIpc) is 2.78. The van der Waals surface area contributed by atoms with Gasteiger partial charge in [0.25, 0.3) is 0 Å². The van der Waals surface area contributed by atoms with Crippen molar-refractivity contribution in [1.82, 2.24) is 14.7 Å². The van der Waals surface area contributed by atoms with E-state index >= 15 is 0 Å². The Hall–Kier alpha value is -1.78. The lowest BCUT2D eigenvalue weighted by molar-refractivity contribution is -0.125. The molecule has 6 heteroatoms. The molecule has 4 nitrogen and oxygen atoms in total. The number of rotatable bonds is 6. The van der Waals surface area contributed by atoms with Crippen molar-refractivity contribution < 1.29 is 4.79 Å². The van der Waals surface area contributed by atoms with Crippen molar-refractivity contribution in [3.63, 3.8) is 0 Å². The van der Waals surface area contributed by atoms with E-state index in [2.05, 4.69) is 18.9 Å². The van der Waals surface area contributed by atoms with E-state index in [9.17, 15) is 4.79 Å². The number of amides is 1. The Morgan fingerprint density at radius 2 is 2.08 bits per heavy atom. The number of carbonyl (C=O) groups excluding carboxylic acids is 1. The molecule has 2 rings (SSSR count). The molecule has 0 fully saturated rings. The van der Waals surface area contributed by atoms with Crippen molar-refractivity contribution in [2.24, 2.45) is 5.92 Å². The van der Waals surface area contributed by atoms with Crippen LogP contribution in [0.2, 0.25) is 10.2 Å². The van der Waals surface area contributed by atoms with E-state index in [0.717, 1.165) is 23.4 Å². The van der Waals surface area contributed by atoms with Gasteiger partial charge in [0.2, 0.25) is 5.91 Å². The van der Waals surface area contributed by atoms with Crippen LogP contribution in [0.25, 0.3) is 6.08 Å². The second-order valence-corrected chi connectivity index (χ2v) is 7.32. The summed E-state index contributed by atoms with van der Waals surface area (Å²) in [6.07, 6.45) is 3.26. The summed E-state index contributed by atoms with van der Waals surface area (Å²) in [7, 11) is 1.75. The van der Waals surface area contributed by atoms with E-state index in [1.165, 1.54) is 6.08 Å². The van der Waals surface area contributed by atoms with Crippen molar-refractivity contribution in [3.8, 4) is 0 Å². The van der Waals surface area contributed by atoms with Gasteiger partial charge in [0.15, 0.2) is 0 Å². The minimum absolute atomic E-state index is 0.105. The highest BCUT2D eigenvalue weighted by Crippen LogP contribution is 2.22. The van der Waals surface area contributed by atoms with Crippen LogP contribution in [-0.2, 0) is 17.9 Å². The first-order valence-electron chi connectivity index (χ1n) is 8.18. The van der Waals surface area contributed by atoms with Crippen LogP contribution >= 0.6 is 23.2 Å². The van der Waals surface area contributed by atoms with Crippen LogP contribution < -0.4 is 0 Å². The molecular formula is C19H23Cl2N3O. The summed E-state index contributed by atoms with van der Waals surface area (Å²) >= 11 is 12.4. The van der Waals surface area contributed by atoms with Crippen LogP contribution in [0.15, 0.2) is 30.3 Å². The number of hydrogen-bond donors (Lipinski definition) is 0. The molecule has 0 aliphatic rings. The SMILES string of the molecule is Cc1nn(CC(C)C)c(Cl)c1/C=C/C(=O)N(C)Cc1cccc(Cl)c1. The summed E-state index contributed by atoms with van der Waals surface area (Å²) in [4.78, 5) is 14.0. The molecule has 0 unspecified atom stereocenters. The molecule has 0 atom stereocenters. The quantitative estimate of drug-likeness (QED) is 0.674. The Morgan fingerprint density at radius 3 is 2.72 bits per heavy atom. The first-order valence-corrected chi connectivity index (χ1v) is 8.94. The molecule has 0 radical (unpaired) electrons. The third-order valence-corrected chi connectivity index (χ3v) is 4.36. The first-order chi connectivity index (χ1) is 11.8. The molecule has 0 saturated heterocycles. The molecule has 1 aromatic heterocycles. The standard InChI is InChI=1S/C19H23Cl2N3O/c1-13(2)11-24-19(21)17(14(3)22-24)8-9-18(25)23(4)12-15-6-5-7-16(20)10-15/h5-10,13H,11-12H2,1-4H3/b9-8+. The van der Waals surface area contributed by atoms with Gasteiger partial charge in [0.05, 0.1) is 5.69 Å². The fourth-order valence-electron chi connectivity index (χ4n) is 2.49. The van der Waals surface area contributed by atoms with Gasteiger partial charge >= 0.3 is 0 Å². The van der Waals surface area contributed by atoms with E-state index in [4.69, 9.17) is 23.2 Å². The number of nitrogens with zero attached hydrogens (tertiary/aromatic N) is 3. The molecule has 1 heterocycles. The average molecular weight is 380 g/mol. The number of likely N-dealkylation sites (N-methyl/N-ethyl adjacent to an activating group) is 1. The van der Waals surface area contributed by atoms with Crippen LogP contribution in [0.5, 0.6) is 0 Å². The Bertz CT molecular complexity index is 781. The second-order valence-electron chi connectivity index (χ2n) is 6.52. The van der Waals surface area contributed by atoms with Gasteiger partial charge in [-0.25, -0.2) is 0 Å². The van der Waals surface area contributed by atoms with Crippen LogP contribution in [0.3, 0.4) is 0 Å². The van der Waals surface area contributed by atoms with Gasteiger partial charge in [-0.1, -0.05) is 49.2 Å². The summed E-state index contributed by atoms with van der Waals surface area (Å²) < 4.78 is 1.78. The van der Waals surface area contributed by atoms with Gasteiger partial charge in [0.1, 0.15) is 5.15 Å². The molecule has 134 valence electrons. The van der Waals surface area contributed by atoms with Gasteiger partial charge in [-0.15, -0.1) is 0 Å². The summed E-state index contributed by atoms with van der Waals surface area (Å²) in [5, 5.41) is 5.67. The Balaban J connectivity index is 2.08. The third-order valence-electron chi connectivity index (χ3n) is 3.73. The number of aryl methyl sites for hydroxylation is 1. The van der Waals surface area contributed by atoms with Crippen LogP contribution in [-0.4, -0.2) is 27.6 Å². The first kappa shape index (κ1) is 19.5. The summed E-state index contributed by atoms with van der Waals surface area (Å²) in [6.45, 7) is 7.34. The molecule has 0 bridgehead atoms. The highest BCUT2D eigenvalue weighted by Gasteiger charge is 2.13. The minimum Gasteiger partial charge on any atom is -0.338 e. The number of halogens is 2. The van der Waals surface area contributed by atoms with Crippen molar-refractivity contribution in [3.05, 3.63) is 57.3 Å². The van der Waals surface area contributed by atoms with Crippen molar-refractivity contribution >= 4 is 35.2 Å². The fraction of sp³-hybridized carbons (Fsp3) is 0.368. The number of aromatic nitrogens is 2. The molecule has 0 saturated carbocycles. The van der Waals surface area contributed by atoms with Crippen LogP contribution in [0.1, 0.15) is 30.7 Å². The predicted molar refractivity (Wildman–Crippen MR) is 104 cm³/mol. The molecule has 2 aromatic rings. The maximum absolute atomic E-state index is 12.3. The number of hydrogen-bond acceptors (Lipinski definition) is 2. The zero-order valence-corrected chi connectivity index (χ0v) is 16.5. The van der Waals surface area contributed by atoms with E-state index in [0.29, 0.717) is 22.6 Å². The highest BCUT2D eigenvalue weighted by molar-refractivity contribution is 6.31. The molecule has 0 aliphatic carbocycles. The van der Waals surface area contributed by atoms with Crippen LogP contribution in [0, 0.1) is 12.8 Å². The van der Waals surface area contributed by atoms with E-state index in [-0.39, 0.29) is 5.91 Å². The van der Waals surface area contributed by atoms with E-state index < -0.39 is 0 Å². The summed E-state index contributed by atoms with van der Waals surface area (Å²) in [5.74, 6) is 0.339. The predicted octanol–water partition coefficient (Wildman–Crippen LogP) is 4.83. The molecule has 0 aliphatic heterocycles. The lowest BCUT2D eigenvalue weighted by atomic mass is 10.2. The molecule has 25 heavy (non-hydrogen) atoms. The van der Waals surface area contributed by atoms with Crippen molar-refractivity contribution in [2.45, 2.75) is 33.9 Å². The number of carbonyl (C=O) groups is 1. The lowest BCUT2D eigenvalue weighted by Gasteiger charge is -2.15. The third kappa shape index (κ3) is 5.35. The van der Waals surface area contributed by atoms with Gasteiger partial charge in [-0.3, -0.25) is 9.48 Å². The second kappa shape index (κ2) is 8.54. The van der Waals surface area contributed by atoms with Gasteiger partial charge < -0.3 is 4.90 Å². The molecular weight excluding hydrogens is 357 g/mol. The number of benzene rings is 1. The molecule has 1 amide bonds. The zero-order valence-electron chi connectivity index (χ0n) is 15.0. The largest absolute Gasteiger partial charge is 0.338 e. The minimum atomic E-state index is -0.105. The normalized spacial score (nSPS) is 11.5. The van der Waals surface area contributed by atoms with Gasteiger partial charge in [-0.2, -0.15) is 5.10 Å². The molecule has 0 spiro atoms. The summed E-state index contributed by atoms with van der Waals surface area (Å²) in [5.41, 5.74) is 2.58. The topological polar surface area (TPSA) is 38.1 Å². The van der Waals surface area contributed by atoms with Gasteiger partial charge in [-0.05, 0) is 36.6 Å². The zero-order chi connectivity index (χ0) is 18.6. The summed E-state index contributed by atoms with van der Waals surface area (Å²) in [6, 6.07) is 7.48. The van der Waals surface area contributed by atoms with Crippen LogP contribution in [0.4, 0.5) is 0 Å². The Labute approximate surface area is 159 Å².